The van der Waals surface area contributed by atoms with Gasteiger partial charge in [-0.05, 0) is 25.8 Å². The van der Waals surface area contributed by atoms with Crippen molar-refractivity contribution in [3.05, 3.63) is 36.7 Å². The Hall–Kier alpha value is -3.20. The van der Waals surface area contributed by atoms with E-state index in [9.17, 15) is 9.50 Å². The average molecular weight is 382 g/mol. The number of halogens is 1. The quantitative estimate of drug-likeness (QED) is 0.502. The minimum Gasteiger partial charge on any atom is -0.480 e. The van der Waals surface area contributed by atoms with Crippen molar-refractivity contribution in [2.75, 3.05) is 12.4 Å². The predicted molar refractivity (Wildman–Crippen MR) is 102 cm³/mol. The van der Waals surface area contributed by atoms with Crippen LogP contribution in [0.4, 0.5) is 10.3 Å². The summed E-state index contributed by atoms with van der Waals surface area (Å²) in [7, 11) is 1.54. The normalized spacial score (nSPS) is 21.8. The molecule has 0 radical (unpaired) electrons. The van der Waals surface area contributed by atoms with Gasteiger partial charge in [-0.2, -0.15) is 9.97 Å². The Morgan fingerprint density at radius 3 is 2.96 bits per heavy atom. The highest BCUT2D eigenvalue weighted by molar-refractivity contribution is 5.97. The number of rotatable bonds is 4. The van der Waals surface area contributed by atoms with E-state index in [1.165, 1.54) is 13.2 Å². The fourth-order valence-corrected chi connectivity index (χ4v) is 3.86. The molecular formula is C19H19FN6O2. The minimum absolute atomic E-state index is 0.115. The van der Waals surface area contributed by atoms with E-state index in [1.807, 2.05) is 6.92 Å². The van der Waals surface area contributed by atoms with Crippen molar-refractivity contribution in [2.45, 2.75) is 31.4 Å². The highest BCUT2D eigenvalue weighted by Gasteiger charge is 2.38. The van der Waals surface area contributed by atoms with Crippen LogP contribution in [0.5, 0.6) is 5.88 Å². The Balaban J connectivity index is 1.57. The summed E-state index contributed by atoms with van der Waals surface area (Å²) in [6.07, 6.45) is 8.08. The first-order chi connectivity index (χ1) is 13.4. The number of nitrogens with zero attached hydrogens (tertiary/aromatic N) is 4. The van der Waals surface area contributed by atoms with Gasteiger partial charge < -0.3 is 24.5 Å². The molecule has 9 heteroatoms. The van der Waals surface area contributed by atoms with Gasteiger partial charge in [0.25, 0.3) is 0 Å². The van der Waals surface area contributed by atoms with Gasteiger partial charge >= 0.3 is 0 Å². The summed E-state index contributed by atoms with van der Waals surface area (Å²) in [5.74, 6) is 0.405. The number of ether oxygens (including phenoxy) is 1. The fraction of sp³-hybridized carbons (Fsp3) is 0.316. The molecule has 4 aromatic heterocycles. The number of aromatic nitrogens is 5. The van der Waals surface area contributed by atoms with E-state index in [-0.39, 0.29) is 11.7 Å². The molecule has 1 fully saturated rings. The molecule has 144 valence electrons. The number of nitrogens with one attached hydrogen (secondary N) is 2. The molecule has 0 amide bonds. The second-order valence-corrected chi connectivity index (χ2v) is 7.46. The third-order valence-corrected chi connectivity index (χ3v) is 5.15. The van der Waals surface area contributed by atoms with Gasteiger partial charge in [0, 0.05) is 42.0 Å². The largest absolute Gasteiger partial charge is 0.480 e. The first-order valence-corrected chi connectivity index (χ1v) is 8.98. The number of H-pyrrole nitrogens is 1. The smallest absolute Gasteiger partial charge is 0.228 e. The summed E-state index contributed by atoms with van der Waals surface area (Å²) < 4.78 is 21.5. The SMILES string of the molecule is COc1nc(N[C@H]2C[C@](C)(O)C2)nc2[nH]cc(-c3cc(F)c4nccn4c3)c12. The van der Waals surface area contributed by atoms with E-state index in [1.54, 1.807) is 29.2 Å². The molecule has 0 saturated heterocycles. The van der Waals surface area contributed by atoms with Crippen LogP contribution in [0.3, 0.4) is 0 Å². The van der Waals surface area contributed by atoms with Crippen LogP contribution < -0.4 is 10.1 Å². The molecular weight excluding hydrogens is 363 g/mol. The lowest BCUT2D eigenvalue weighted by Crippen LogP contribution is -2.48. The number of imidazole rings is 1. The zero-order chi connectivity index (χ0) is 19.5. The maximum absolute atomic E-state index is 14.4. The first-order valence-electron chi connectivity index (χ1n) is 8.98. The zero-order valence-corrected chi connectivity index (χ0v) is 15.4. The second kappa shape index (κ2) is 5.90. The molecule has 3 N–H and O–H groups in total. The van der Waals surface area contributed by atoms with Crippen LogP contribution in [-0.4, -0.2) is 48.2 Å². The molecule has 28 heavy (non-hydrogen) atoms. The van der Waals surface area contributed by atoms with Crippen molar-refractivity contribution in [1.29, 1.82) is 0 Å². The van der Waals surface area contributed by atoms with Crippen LogP contribution in [0.1, 0.15) is 19.8 Å². The third-order valence-electron chi connectivity index (χ3n) is 5.15. The van der Waals surface area contributed by atoms with Gasteiger partial charge in [-0.15, -0.1) is 0 Å². The van der Waals surface area contributed by atoms with Gasteiger partial charge in [-0.25, -0.2) is 9.37 Å². The Labute approximate surface area is 159 Å². The molecule has 4 heterocycles. The van der Waals surface area contributed by atoms with Crippen molar-refractivity contribution < 1.29 is 14.2 Å². The molecule has 1 saturated carbocycles. The van der Waals surface area contributed by atoms with Gasteiger partial charge in [0.2, 0.25) is 11.8 Å². The maximum atomic E-state index is 14.4. The number of hydrogen-bond acceptors (Lipinski definition) is 6. The van der Waals surface area contributed by atoms with Crippen molar-refractivity contribution in [3.8, 4) is 17.0 Å². The topological polar surface area (TPSA) is 100 Å². The van der Waals surface area contributed by atoms with Gasteiger partial charge in [0.1, 0.15) is 5.65 Å². The summed E-state index contributed by atoms with van der Waals surface area (Å²) in [5.41, 5.74) is 1.62. The number of fused-ring (bicyclic) bond motifs is 2. The molecule has 1 aliphatic carbocycles. The summed E-state index contributed by atoms with van der Waals surface area (Å²) >= 11 is 0. The van der Waals surface area contributed by atoms with Gasteiger partial charge in [0.05, 0.1) is 18.1 Å². The van der Waals surface area contributed by atoms with Crippen LogP contribution in [0.15, 0.2) is 30.9 Å². The van der Waals surface area contributed by atoms with Crippen LogP contribution >= 0.6 is 0 Å². The maximum Gasteiger partial charge on any atom is 0.228 e. The molecule has 0 atom stereocenters. The summed E-state index contributed by atoms with van der Waals surface area (Å²) in [6, 6.07) is 1.55. The van der Waals surface area contributed by atoms with Crippen molar-refractivity contribution in [1.82, 2.24) is 24.3 Å². The van der Waals surface area contributed by atoms with Crippen LogP contribution in [0.2, 0.25) is 0 Å². The van der Waals surface area contributed by atoms with E-state index in [0.717, 1.165) is 5.56 Å². The lowest BCUT2D eigenvalue weighted by Gasteiger charge is -2.41. The second-order valence-electron chi connectivity index (χ2n) is 7.46. The lowest BCUT2D eigenvalue weighted by atomic mass is 9.77. The Kier molecular flexibility index (Phi) is 3.57. The number of methoxy groups -OCH3 is 1. The van der Waals surface area contributed by atoms with Crippen LogP contribution in [0, 0.1) is 5.82 Å². The molecule has 0 bridgehead atoms. The third kappa shape index (κ3) is 2.66. The van der Waals surface area contributed by atoms with Crippen molar-refractivity contribution >= 4 is 22.6 Å². The summed E-state index contributed by atoms with van der Waals surface area (Å²) in [5, 5.41) is 13.8. The van der Waals surface area contributed by atoms with Gasteiger partial charge in [-0.3, -0.25) is 0 Å². The van der Waals surface area contributed by atoms with E-state index in [4.69, 9.17) is 4.74 Å². The molecule has 8 nitrogen and oxygen atoms in total. The molecule has 0 aromatic carbocycles. The first kappa shape index (κ1) is 16.9. The van der Waals surface area contributed by atoms with Crippen molar-refractivity contribution in [3.63, 3.8) is 0 Å². The van der Waals surface area contributed by atoms with E-state index >= 15 is 0 Å². The molecule has 4 aromatic rings. The van der Waals surface area contributed by atoms with Crippen LogP contribution in [0.25, 0.3) is 27.8 Å². The molecule has 5 rings (SSSR count). The number of aromatic amines is 1. The van der Waals surface area contributed by atoms with E-state index < -0.39 is 11.4 Å². The number of hydrogen-bond donors (Lipinski definition) is 3. The molecule has 0 spiro atoms. The highest BCUT2D eigenvalue weighted by atomic mass is 19.1. The predicted octanol–water partition coefficient (Wildman–Crippen LogP) is 2.75. The number of anilines is 1. The van der Waals surface area contributed by atoms with E-state index in [0.29, 0.717) is 41.3 Å². The monoisotopic (exact) mass is 382 g/mol. The van der Waals surface area contributed by atoms with Gasteiger partial charge in [0.15, 0.2) is 11.5 Å². The zero-order valence-electron chi connectivity index (χ0n) is 15.4. The fourth-order valence-electron chi connectivity index (χ4n) is 3.86. The number of aliphatic hydroxyl groups is 1. The molecule has 1 aliphatic rings. The van der Waals surface area contributed by atoms with Crippen molar-refractivity contribution in [2.24, 2.45) is 0 Å². The standard InChI is InChI=1S/C19H19FN6O2/c1-19(27)6-11(7-19)23-18-24-15-14(17(25-18)28-2)12(8-22-15)10-5-13(20)16-21-3-4-26(16)9-10/h3-5,8-9,11,27H,6-7H2,1-2H3,(H2,22,23,24,25)/t11-,19-. The van der Waals surface area contributed by atoms with Crippen LogP contribution in [-0.2, 0) is 0 Å². The van der Waals surface area contributed by atoms with E-state index in [2.05, 4.69) is 25.3 Å². The summed E-state index contributed by atoms with van der Waals surface area (Å²) in [4.78, 5) is 16.1. The Morgan fingerprint density at radius 1 is 1.39 bits per heavy atom. The minimum atomic E-state index is -0.637. The highest BCUT2D eigenvalue weighted by Crippen LogP contribution is 2.37. The Morgan fingerprint density at radius 2 is 2.21 bits per heavy atom. The summed E-state index contributed by atoms with van der Waals surface area (Å²) in [6.45, 7) is 1.81. The van der Waals surface area contributed by atoms with Gasteiger partial charge in [-0.1, -0.05) is 0 Å². The number of pyridine rings is 1. The Bertz CT molecular complexity index is 1190. The molecule has 0 unspecified atom stereocenters. The average Bonchev–Trinajstić information content (AvgIpc) is 3.26. The molecule has 0 aliphatic heterocycles. The lowest BCUT2D eigenvalue weighted by molar-refractivity contribution is -0.0236.